The summed E-state index contributed by atoms with van der Waals surface area (Å²) in [5.74, 6) is 0.0416. The van der Waals surface area contributed by atoms with Crippen LogP contribution in [0.2, 0.25) is 0 Å². The van der Waals surface area contributed by atoms with E-state index in [1.54, 1.807) is 80.1 Å². The molecule has 0 bridgehead atoms. The fraction of sp³-hybridized carbons (Fsp3) is 0.486. The summed E-state index contributed by atoms with van der Waals surface area (Å²) in [4.78, 5) is 43.6. The number of fused-ring (bicyclic) bond motifs is 1. The number of carbonyl (C=O) groups is 3. The van der Waals surface area contributed by atoms with Crippen LogP contribution in [0.5, 0.6) is 5.75 Å². The molecule has 12 nitrogen and oxygen atoms in total. The van der Waals surface area contributed by atoms with Gasteiger partial charge in [-0.2, -0.15) is 0 Å². The molecule has 2 aromatic carbocycles. The van der Waals surface area contributed by atoms with E-state index in [0.29, 0.717) is 40.7 Å². The molecular formula is C35H47N5O7. The summed E-state index contributed by atoms with van der Waals surface area (Å²) < 4.78 is 17.8. The van der Waals surface area contributed by atoms with Gasteiger partial charge >= 0.3 is 6.03 Å². The van der Waals surface area contributed by atoms with E-state index in [4.69, 9.17) is 14.0 Å². The molecule has 1 aromatic heterocycles. The molecule has 4 amide bonds. The van der Waals surface area contributed by atoms with E-state index in [1.807, 2.05) is 19.9 Å². The third kappa shape index (κ3) is 9.32. The Morgan fingerprint density at radius 3 is 2.53 bits per heavy atom. The third-order valence-electron chi connectivity index (χ3n) is 8.41. The second kappa shape index (κ2) is 16.4. The van der Waals surface area contributed by atoms with Crippen molar-refractivity contribution in [3.8, 4) is 5.75 Å². The molecule has 0 aliphatic carbocycles. The van der Waals surface area contributed by atoms with Gasteiger partial charge in [-0.05, 0) is 77.3 Å². The molecule has 0 spiro atoms. The number of aromatic nitrogens is 1. The molecule has 0 saturated heterocycles. The number of aliphatic hydroxyl groups excluding tert-OH is 1. The number of ether oxygens (including phenoxy) is 2. The van der Waals surface area contributed by atoms with Crippen molar-refractivity contribution >= 4 is 29.2 Å². The molecule has 0 radical (unpaired) electrons. The van der Waals surface area contributed by atoms with Gasteiger partial charge in [-0.3, -0.25) is 9.59 Å². The van der Waals surface area contributed by atoms with E-state index in [1.165, 1.54) is 0 Å². The molecule has 47 heavy (non-hydrogen) atoms. The zero-order valence-corrected chi connectivity index (χ0v) is 28.1. The van der Waals surface area contributed by atoms with Crippen LogP contribution in [0.1, 0.15) is 72.2 Å². The first-order chi connectivity index (χ1) is 22.5. The smallest absolute Gasteiger partial charge is 0.321 e. The number of aliphatic hydroxyl groups is 1. The van der Waals surface area contributed by atoms with Crippen LogP contribution in [0.4, 0.5) is 16.2 Å². The highest BCUT2D eigenvalue weighted by Gasteiger charge is 2.31. The quantitative estimate of drug-likeness (QED) is 0.304. The summed E-state index contributed by atoms with van der Waals surface area (Å²) in [6, 6.07) is 13.0. The summed E-state index contributed by atoms with van der Waals surface area (Å²) in [7, 11) is 1.69. The molecule has 3 N–H and O–H groups in total. The lowest BCUT2D eigenvalue weighted by molar-refractivity contribution is -0.0115. The topological polar surface area (TPSA) is 146 Å². The van der Waals surface area contributed by atoms with E-state index in [-0.39, 0.29) is 55.1 Å². The second-order valence-corrected chi connectivity index (χ2v) is 12.3. The van der Waals surface area contributed by atoms with Crippen LogP contribution in [0.25, 0.3) is 0 Å². The van der Waals surface area contributed by atoms with Gasteiger partial charge in [0, 0.05) is 43.9 Å². The minimum Gasteiger partial charge on any atom is -0.490 e. The predicted octanol–water partition coefficient (Wildman–Crippen LogP) is 5.50. The normalized spacial score (nSPS) is 19.9. The van der Waals surface area contributed by atoms with E-state index in [0.717, 1.165) is 19.3 Å². The van der Waals surface area contributed by atoms with Crippen LogP contribution >= 0.6 is 0 Å². The fourth-order valence-electron chi connectivity index (χ4n) is 5.47. The van der Waals surface area contributed by atoms with Crippen molar-refractivity contribution in [2.45, 2.75) is 72.1 Å². The zero-order valence-electron chi connectivity index (χ0n) is 28.1. The maximum Gasteiger partial charge on any atom is 0.321 e. The van der Waals surface area contributed by atoms with Crippen LogP contribution in [0, 0.1) is 19.8 Å². The monoisotopic (exact) mass is 649 g/mol. The van der Waals surface area contributed by atoms with Gasteiger partial charge in [0.25, 0.3) is 11.8 Å². The lowest BCUT2D eigenvalue weighted by Gasteiger charge is -2.35. The van der Waals surface area contributed by atoms with Gasteiger partial charge < -0.3 is 39.5 Å². The van der Waals surface area contributed by atoms with Crippen LogP contribution in [0.3, 0.4) is 0 Å². The number of hydrogen-bond acceptors (Lipinski definition) is 8. The summed E-state index contributed by atoms with van der Waals surface area (Å²) in [6.07, 6.45) is 1.77. The summed E-state index contributed by atoms with van der Waals surface area (Å²) in [5, 5.41) is 19.9. The average Bonchev–Trinajstić information content (AvgIpc) is 3.38. The highest BCUT2D eigenvalue weighted by Crippen LogP contribution is 2.29. The van der Waals surface area contributed by atoms with Crippen molar-refractivity contribution < 1.29 is 33.5 Å². The molecule has 254 valence electrons. The second-order valence-electron chi connectivity index (χ2n) is 12.3. The zero-order chi connectivity index (χ0) is 34.1. The molecule has 3 aromatic rings. The van der Waals surface area contributed by atoms with Gasteiger partial charge in [-0.25, -0.2) is 4.79 Å². The third-order valence-corrected chi connectivity index (χ3v) is 8.41. The molecule has 4 rings (SSSR count). The van der Waals surface area contributed by atoms with E-state index in [2.05, 4.69) is 15.8 Å². The number of urea groups is 1. The average molecular weight is 650 g/mol. The lowest BCUT2D eigenvalue weighted by atomic mass is 10.0. The minimum atomic E-state index is -0.535. The molecule has 4 atom stereocenters. The Morgan fingerprint density at radius 2 is 1.85 bits per heavy atom. The molecular weight excluding hydrogens is 602 g/mol. The van der Waals surface area contributed by atoms with E-state index in [9.17, 15) is 19.5 Å². The Labute approximate surface area is 276 Å². The van der Waals surface area contributed by atoms with Crippen LogP contribution in [-0.2, 0) is 4.74 Å². The van der Waals surface area contributed by atoms with E-state index < -0.39 is 12.1 Å². The fourth-order valence-corrected chi connectivity index (χ4v) is 5.47. The number of anilines is 2. The van der Waals surface area contributed by atoms with Crippen LogP contribution < -0.4 is 15.4 Å². The Kier molecular flexibility index (Phi) is 12.4. The van der Waals surface area contributed by atoms with Crippen molar-refractivity contribution in [1.82, 2.24) is 15.0 Å². The van der Waals surface area contributed by atoms with Gasteiger partial charge in [0.2, 0.25) is 0 Å². The van der Waals surface area contributed by atoms with Crippen LogP contribution in [0.15, 0.2) is 53.1 Å². The molecule has 1 aliphatic heterocycles. The summed E-state index contributed by atoms with van der Waals surface area (Å²) in [5.41, 5.74) is 2.33. The number of nitrogens with one attached hydrogen (secondary N) is 2. The number of carbonyl (C=O) groups excluding carboxylic acids is 3. The summed E-state index contributed by atoms with van der Waals surface area (Å²) >= 11 is 0. The first kappa shape index (κ1) is 35.4. The number of hydrogen-bond donors (Lipinski definition) is 3. The number of benzene rings is 2. The molecule has 12 heteroatoms. The maximum atomic E-state index is 14.3. The van der Waals surface area contributed by atoms with Crippen molar-refractivity contribution in [3.63, 3.8) is 0 Å². The van der Waals surface area contributed by atoms with Crippen molar-refractivity contribution in [2.24, 2.45) is 5.92 Å². The highest BCUT2D eigenvalue weighted by molar-refractivity contribution is 6.05. The molecule has 2 heterocycles. The lowest BCUT2D eigenvalue weighted by Crippen LogP contribution is -2.48. The SMILES string of the molecule is Cc1noc(C)c1NC(=O)N(C)C[C@@H]1OCCCC[C@@H](C)Oc2ccc(NC(=O)c3ccccc3)cc2C(=O)N([C@H](C)CO)C[C@@H]1C. The van der Waals surface area contributed by atoms with E-state index >= 15 is 0 Å². The van der Waals surface area contributed by atoms with Gasteiger partial charge in [0.05, 0.1) is 30.4 Å². The Hall–Kier alpha value is -4.42. The largest absolute Gasteiger partial charge is 0.490 e. The molecule has 0 fully saturated rings. The Bertz CT molecular complexity index is 1490. The molecule has 0 unspecified atom stereocenters. The van der Waals surface area contributed by atoms with Gasteiger partial charge in [-0.1, -0.05) is 30.3 Å². The number of amides is 4. The Morgan fingerprint density at radius 1 is 1.11 bits per heavy atom. The maximum absolute atomic E-state index is 14.3. The van der Waals surface area contributed by atoms with Crippen LogP contribution in [-0.4, -0.2) is 89.5 Å². The van der Waals surface area contributed by atoms with Crippen molar-refractivity contribution in [2.75, 3.05) is 44.0 Å². The predicted molar refractivity (Wildman–Crippen MR) is 179 cm³/mol. The van der Waals surface area contributed by atoms with Crippen molar-refractivity contribution in [3.05, 3.63) is 71.1 Å². The van der Waals surface area contributed by atoms with Crippen molar-refractivity contribution in [1.29, 1.82) is 0 Å². The van der Waals surface area contributed by atoms with Gasteiger partial charge in [0.15, 0.2) is 5.76 Å². The first-order valence-electron chi connectivity index (χ1n) is 16.1. The number of rotatable bonds is 7. The first-order valence-corrected chi connectivity index (χ1v) is 16.1. The Balaban J connectivity index is 1.60. The standard InChI is InChI=1S/C35H47N5O7/c1-22-19-40(23(2)21-41)34(43)29-18-28(36-33(42)27-13-8-7-9-14-27)15-16-30(29)46-24(3)12-10-11-17-45-31(22)20-39(6)35(44)37-32-25(4)38-47-26(32)5/h7-9,13-16,18,22-24,31,41H,10-12,17,19-21H2,1-6H3,(H,36,42)(H,37,44)/t22-,23+,24+,31-/m0/s1. The number of aryl methyl sites for hydroxylation is 2. The minimum absolute atomic E-state index is 0.188. The summed E-state index contributed by atoms with van der Waals surface area (Å²) in [6.45, 7) is 9.90. The van der Waals surface area contributed by atoms with Gasteiger partial charge in [0.1, 0.15) is 17.1 Å². The molecule has 1 aliphatic rings. The number of likely N-dealkylation sites (N-methyl/N-ethyl adjacent to an activating group) is 1. The highest BCUT2D eigenvalue weighted by atomic mass is 16.5. The van der Waals surface area contributed by atoms with Gasteiger partial charge in [-0.15, -0.1) is 0 Å². The number of nitrogens with zero attached hydrogens (tertiary/aromatic N) is 3. The molecule has 0 saturated carbocycles.